The van der Waals surface area contributed by atoms with Crippen molar-refractivity contribution in [1.82, 2.24) is 20.0 Å². The van der Waals surface area contributed by atoms with Crippen LogP contribution in [0.2, 0.25) is 0 Å². The van der Waals surface area contributed by atoms with Crippen molar-refractivity contribution in [2.24, 2.45) is 17.9 Å². The van der Waals surface area contributed by atoms with Gasteiger partial charge in [-0.15, -0.1) is 16.0 Å². The Morgan fingerprint density at radius 1 is 1.35 bits per heavy atom. The number of benzene rings is 1. The highest BCUT2D eigenvalue weighted by Gasteiger charge is 2.57. The lowest BCUT2D eigenvalue weighted by Gasteiger charge is -2.51. The number of aliphatic carboxylic acids is 1. The average Bonchev–Trinajstić information content (AvgIpc) is 3.59. The second-order valence-corrected chi connectivity index (χ2v) is 12.7. The number of thiazole rings is 1. The Labute approximate surface area is 276 Å². The number of anilines is 1. The summed E-state index contributed by atoms with van der Waals surface area (Å²) < 4.78 is 60.9. The van der Waals surface area contributed by atoms with E-state index < -0.39 is 70.1 Å². The molecule has 1 aromatic carbocycles. The van der Waals surface area contributed by atoms with Gasteiger partial charge in [0.15, 0.2) is 17.9 Å². The molecule has 0 bridgehead atoms. The number of hydrogen-bond donors (Lipinski definition) is 5. The standard InChI is InChI=1S/C26H31FN8O11S2/c1-26(2)21(23(38)35(26)46-48(41,42)43)31-22(37)20(18-12-47-25(29)30-18)32-45-19(24(39)40)11-44-15-4-5-16(17(27)6-15)13-8-33(3)34(9-13)10-14(36)7-28/h4-6,8-9,12,14,19,21,36H,7,10-11,28H2,1-3H3,(H4-,29,30,31,37,39,40,41,42,43)/b32-20-/t14?,19-,21?/m0/s1. The molecule has 260 valence electrons. The number of ether oxygens (including phenoxy) is 1. The van der Waals surface area contributed by atoms with Gasteiger partial charge < -0.3 is 41.1 Å². The Bertz CT molecular complexity index is 1850. The lowest BCUT2D eigenvalue weighted by atomic mass is 9.84. The quantitative estimate of drug-likeness (QED) is 0.0291. The maximum Gasteiger partial charge on any atom is 0.351 e. The number of carbonyl (C=O) groups excluding carboxylic acids is 2. The van der Waals surface area contributed by atoms with E-state index in [0.717, 1.165) is 17.4 Å². The molecular formula is C26H31FN8O11S2. The molecule has 0 spiro atoms. The number of rotatable bonds is 15. The summed E-state index contributed by atoms with van der Waals surface area (Å²) in [6.07, 6.45) is 0.633. The van der Waals surface area contributed by atoms with Crippen molar-refractivity contribution in [3.63, 3.8) is 0 Å². The van der Waals surface area contributed by atoms with Gasteiger partial charge in [-0.25, -0.2) is 22.6 Å². The Kier molecular flexibility index (Phi) is 10.7. The predicted octanol–water partition coefficient (Wildman–Crippen LogP) is -1.77. The first-order valence-corrected chi connectivity index (χ1v) is 16.0. The van der Waals surface area contributed by atoms with Crippen LogP contribution in [-0.2, 0) is 47.5 Å². The molecular weight excluding hydrogens is 683 g/mol. The minimum atomic E-state index is -5.30. The van der Waals surface area contributed by atoms with Crippen LogP contribution in [0.25, 0.3) is 11.1 Å². The summed E-state index contributed by atoms with van der Waals surface area (Å²) in [6.45, 7) is 2.14. The van der Waals surface area contributed by atoms with E-state index >= 15 is 4.39 Å². The number of carboxylic acids is 1. The van der Waals surface area contributed by atoms with Crippen molar-refractivity contribution in [3.8, 4) is 16.9 Å². The van der Waals surface area contributed by atoms with E-state index in [9.17, 15) is 37.6 Å². The lowest BCUT2D eigenvalue weighted by molar-refractivity contribution is -0.754. The van der Waals surface area contributed by atoms with E-state index in [-0.39, 0.29) is 40.3 Å². The van der Waals surface area contributed by atoms with Gasteiger partial charge in [0, 0.05) is 23.6 Å². The predicted molar refractivity (Wildman–Crippen MR) is 161 cm³/mol. The molecule has 4 rings (SSSR count). The maximum absolute atomic E-state index is 15.1. The van der Waals surface area contributed by atoms with Crippen LogP contribution >= 0.6 is 11.3 Å². The number of β-lactam (4-membered cyclic amide) rings is 1. The smallest absolute Gasteiger partial charge is 0.351 e. The van der Waals surface area contributed by atoms with Crippen LogP contribution in [0.15, 0.2) is 41.1 Å². The summed E-state index contributed by atoms with van der Waals surface area (Å²) in [7, 11) is -3.59. The highest BCUT2D eigenvalue weighted by molar-refractivity contribution is 7.80. The number of carboxylic acid groups (broad SMARTS) is 1. The van der Waals surface area contributed by atoms with Crippen LogP contribution in [0, 0.1) is 5.82 Å². The van der Waals surface area contributed by atoms with Crippen molar-refractivity contribution in [2.45, 2.75) is 44.2 Å². The van der Waals surface area contributed by atoms with Gasteiger partial charge >= 0.3 is 5.97 Å². The average molecular weight is 715 g/mol. The summed E-state index contributed by atoms with van der Waals surface area (Å²) in [5.74, 6) is -4.48. The third-order valence-electron chi connectivity index (χ3n) is 6.99. The summed E-state index contributed by atoms with van der Waals surface area (Å²) in [5.41, 5.74) is 9.55. The second kappa shape index (κ2) is 14.2. The SMILES string of the molecule is C[n+]1cc(-c2ccc(OC[C@H](O/N=C(\C(=O)NC3C(=O)N(OS(=O)(=O)[O-])C3(C)C)c3csc(N)n3)C(=O)O)cc2F)cn1CC(O)CN. The first-order valence-electron chi connectivity index (χ1n) is 13.8. The molecule has 22 heteroatoms. The minimum Gasteiger partial charge on any atom is -0.724 e. The van der Waals surface area contributed by atoms with E-state index in [0.29, 0.717) is 5.56 Å². The number of hydroxylamine groups is 2. The summed E-state index contributed by atoms with van der Waals surface area (Å²) in [5, 5.41) is 27.1. The number of nitrogens with one attached hydrogen (secondary N) is 1. The molecule has 0 saturated carbocycles. The van der Waals surface area contributed by atoms with Gasteiger partial charge in [-0.05, 0) is 26.0 Å². The molecule has 3 aromatic rings. The van der Waals surface area contributed by atoms with E-state index in [1.807, 2.05) is 0 Å². The Hall–Kier alpha value is -4.74. The van der Waals surface area contributed by atoms with Gasteiger partial charge in [0.25, 0.3) is 17.9 Å². The van der Waals surface area contributed by atoms with Crippen LogP contribution in [0.3, 0.4) is 0 Å². The molecule has 1 aliphatic rings. The van der Waals surface area contributed by atoms with Gasteiger partial charge in [0.1, 0.15) is 36.5 Å². The summed E-state index contributed by atoms with van der Waals surface area (Å²) >= 11 is 0.909. The third-order valence-corrected chi connectivity index (χ3v) is 7.99. The zero-order chi connectivity index (χ0) is 35.6. The maximum atomic E-state index is 15.1. The molecule has 1 aliphatic heterocycles. The minimum absolute atomic E-state index is 0.00726. The molecule has 0 radical (unpaired) electrons. The molecule has 2 aromatic heterocycles. The fourth-order valence-electron chi connectivity index (χ4n) is 4.44. The van der Waals surface area contributed by atoms with Crippen LogP contribution in [0.1, 0.15) is 19.5 Å². The zero-order valence-electron chi connectivity index (χ0n) is 25.5. The number of aromatic nitrogens is 3. The highest BCUT2D eigenvalue weighted by Crippen LogP contribution is 2.33. The van der Waals surface area contributed by atoms with E-state index in [4.69, 9.17) is 21.0 Å². The Morgan fingerprint density at radius 2 is 2.06 bits per heavy atom. The number of halogens is 1. The molecule has 2 unspecified atom stereocenters. The Morgan fingerprint density at radius 3 is 2.62 bits per heavy atom. The normalized spacial score (nSPS) is 17.4. The molecule has 7 N–H and O–H groups in total. The Balaban J connectivity index is 1.47. The topological polar surface area (TPSA) is 278 Å². The summed E-state index contributed by atoms with van der Waals surface area (Å²) in [6, 6.07) is 2.44. The van der Waals surface area contributed by atoms with Gasteiger partial charge in [0.2, 0.25) is 16.6 Å². The molecule has 1 fully saturated rings. The van der Waals surface area contributed by atoms with Crippen LogP contribution in [0.4, 0.5) is 9.52 Å². The highest BCUT2D eigenvalue weighted by atomic mass is 32.3. The number of nitrogens with zero attached hydrogens (tertiary/aromatic N) is 5. The van der Waals surface area contributed by atoms with Gasteiger partial charge in [0.05, 0.1) is 23.4 Å². The van der Waals surface area contributed by atoms with E-state index in [1.165, 1.54) is 31.4 Å². The monoisotopic (exact) mass is 714 g/mol. The van der Waals surface area contributed by atoms with Crippen LogP contribution < -0.4 is 26.2 Å². The number of amides is 2. The number of aliphatic hydroxyl groups excluding tert-OH is 1. The zero-order valence-corrected chi connectivity index (χ0v) is 27.1. The summed E-state index contributed by atoms with van der Waals surface area (Å²) in [4.78, 5) is 46.6. The molecule has 1 saturated heterocycles. The lowest BCUT2D eigenvalue weighted by Crippen LogP contribution is -2.76. The molecule has 2 amide bonds. The number of oxime groups is 1. The molecule has 0 aliphatic carbocycles. The van der Waals surface area contributed by atoms with E-state index in [1.54, 1.807) is 28.8 Å². The van der Waals surface area contributed by atoms with Gasteiger partial charge in [-0.2, -0.15) is 14.0 Å². The largest absolute Gasteiger partial charge is 0.724 e. The van der Waals surface area contributed by atoms with E-state index in [2.05, 4.69) is 19.7 Å². The second-order valence-electron chi connectivity index (χ2n) is 10.9. The van der Waals surface area contributed by atoms with Gasteiger partial charge in [-0.3, -0.25) is 9.59 Å². The number of carbonyl (C=O) groups is 3. The van der Waals surface area contributed by atoms with Crippen molar-refractivity contribution >= 4 is 50.4 Å². The number of aryl methyl sites for hydroxylation is 1. The number of nitrogens with two attached hydrogens (primary N) is 2. The molecule has 3 heterocycles. The van der Waals surface area contributed by atoms with Crippen molar-refractivity contribution in [1.29, 1.82) is 0 Å². The number of nitrogen functional groups attached to an aromatic ring is 1. The fraction of sp³-hybridized carbons (Fsp3) is 0.385. The van der Waals surface area contributed by atoms with Crippen molar-refractivity contribution < 1.29 is 60.5 Å². The van der Waals surface area contributed by atoms with Crippen molar-refractivity contribution in [2.75, 3.05) is 18.9 Å². The van der Waals surface area contributed by atoms with Crippen molar-refractivity contribution in [3.05, 3.63) is 47.5 Å². The molecule has 19 nitrogen and oxygen atoms in total. The third kappa shape index (κ3) is 8.21. The van der Waals surface area contributed by atoms with Crippen LogP contribution in [0.5, 0.6) is 5.75 Å². The molecule has 48 heavy (non-hydrogen) atoms. The number of hydrogen-bond acceptors (Lipinski definition) is 15. The first-order chi connectivity index (χ1) is 22.4. The molecule has 3 atom stereocenters. The van der Waals surface area contributed by atoms with Gasteiger partial charge in [-0.1, -0.05) is 5.16 Å². The fourth-order valence-corrected chi connectivity index (χ4v) is 5.44. The number of aliphatic hydroxyl groups is 1. The first kappa shape index (κ1) is 36.1. The van der Waals surface area contributed by atoms with Crippen LogP contribution in [-0.4, -0.2) is 98.3 Å².